The zero-order chi connectivity index (χ0) is 18.2. The van der Waals surface area contributed by atoms with Crippen LogP contribution in [0.3, 0.4) is 0 Å². The van der Waals surface area contributed by atoms with Gasteiger partial charge < -0.3 is 4.42 Å². The molecule has 0 fully saturated rings. The third-order valence-electron chi connectivity index (χ3n) is 6.27. The van der Waals surface area contributed by atoms with Crippen LogP contribution in [0.25, 0.3) is 54.6 Å². The molecular weight excluding hydrogens is 340 g/mol. The first kappa shape index (κ1) is 14.5. The number of hydrogen-bond donors (Lipinski definition) is 0. The highest BCUT2D eigenvalue weighted by Gasteiger charge is 2.25. The zero-order valence-corrected chi connectivity index (χ0v) is 15.2. The van der Waals surface area contributed by atoms with E-state index < -0.39 is 0 Å². The van der Waals surface area contributed by atoms with Gasteiger partial charge >= 0.3 is 0 Å². The summed E-state index contributed by atoms with van der Waals surface area (Å²) in [5, 5.41) is 7.54. The molecule has 1 heteroatoms. The molecule has 0 spiro atoms. The molecule has 130 valence electrons. The van der Waals surface area contributed by atoms with Gasteiger partial charge in [-0.1, -0.05) is 72.8 Å². The van der Waals surface area contributed by atoms with E-state index in [1.807, 2.05) is 0 Å². The minimum Gasteiger partial charge on any atom is -0.455 e. The highest BCUT2D eigenvalue weighted by Crippen LogP contribution is 2.46. The van der Waals surface area contributed by atoms with Crippen LogP contribution in [-0.2, 0) is 6.42 Å². The summed E-state index contributed by atoms with van der Waals surface area (Å²) < 4.78 is 6.47. The van der Waals surface area contributed by atoms with Crippen molar-refractivity contribution in [1.82, 2.24) is 0 Å². The molecule has 0 aliphatic heterocycles. The van der Waals surface area contributed by atoms with Crippen LogP contribution in [0.15, 0.2) is 89.3 Å². The van der Waals surface area contributed by atoms with Gasteiger partial charge in [0, 0.05) is 16.3 Å². The lowest BCUT2D eigenvalue weighted by Gasteiger charge is -2.05. The molecule has 1 aliphatic rings. The molecule has 0 saturated carbocycles. The summed E-state index contributed by atoms with van der Waals surface area (Å²) in [6, 6.07) is 30.6. The second kappa shape index (κ2) is 5.02. The molecule has 0 atom stereocenters. The summed E-state index contributed by atoms with van der Waals surface area (Å²) in [6.45, 7) is 0. The van der Waals surface area contributed by atoms with Crippen molar-refractivity contribution in [2.75, 3.05) is 0 Å². The van der Waals surface area contributed by atoms with Gasteiger partial charge in [-0.2, -0.15) is 0 Å². The van der Waals surface area contributed by atoms with E-state index in [-0.39, 0.29) is 0 Å². The largest absolute Gasteiger partial charge is 0.455 e. The van der Waals surface area contributed by atoms with E-state index in [0.29, 0.717) is 0 Å². The van der Waals surface area contributed by atoms with Gasteiger partial charge in [0.15, 0.2) is 0 Å². The normalized spacial score (nSPS) is 12.9. The average Bonchev–Trinajstić information content (AvgIpc) is 3.29. The molecule has 7 rings (SSSR count). The van der Waals surface area contributed by atoms with E-state index in [9.17, 15) is 0 Å². The summed E-state index contributed by atoms with van der Waals surface area (Å²) in [5.41, 5.74) is 7.38. The van der Waals surface area contributed by atoms with Crippen LogP contribution < -0.4 is 0 Å². The van der Waals surface area contributed by atoms with Crippen molar-refractivity contribution in [1.29, 1.82) is 0 Å². The van der Waals surface area contributed by atoms with Gasteiger partial charge in [0.2, 0.25) is 0 Å². The zero-order valence-electron chi connectivity index (χ0n) is 15.2. The third kappa shape index (κ3) is 1.76. The van der Waals surface area contributed by atoms with Crippen molar-refractivity contribution < 1.29 is 4.42 Å². The molecular formula is C27H16O. The van der Waals surface area contributed by atoms with Crippen molar-refractivity contribution >= 4 is 43.5 Å². The molecule has 0 saturated heterocycles. The molecule has 0 unspecified atom stereocenters. The van der Waals surface area contributed by atoms with Crippen molar-refractivity contribution in [3.8, 4) is 11.1 Å². The maximum Gasteiger partial charge on any atom is 0.143 e. The van der Waals surface area contributed by atoms with Crippen LogP contribution in [-0.4, -0.2) is 0 Å². The predicted octanol–water partition coefficient (Wildman–Crippen LogP) is 7.46. The van der Waals surface area contributed by atoms with E-state index in [2.05, 4.69) is 84.9 Å². The van der Waals surface area contributed by atoms with Gasteiger partial charge in [-0.15, -0.1) is 0 Å². The summed E-state index contributed by atoms with van der Waals surface area (Å²) in [5.74, 6) is 0. The standard InChI is InChI=1S/C27H16O/c1-2-7-18-15-25-24(13-17(18)6-1)22-12-10-19-14-23-20-8-4-3-5-16(20)9-11-21(23)26(19)27(22)28-25/h1-13,15H,14H2. The van der Waals surface area contributed by atoms with Crippen LogP contribution in [0.5, 0.6) is 0 Å². The van der Waals surface area contributed by atoms with Crippen molar-refractivity contribution in [3.05, 3.63) is 96.1 Å². The lowest BCUT2D eigenvalue weighted by atomic mass is 9.98. The Morgan fingerprint density at radius 1 is 0.607 bits per heavy atom. The minimum atomic E-state index is 0.969. The van der Waals surface area contributed by atoms with Crippen LogP contribution >= 0.6 is 0 Å². The maximum absolute atomic E-state index is 6.47. The molecule has 0 amide bonds. The SMILES string of the molecule is c1ccc2cc3c(cc2c1)oc1c2c(ccc13)Cc1c-2ccc2ccccc12. The molecule has 6 aromatic rings. The first-order valence-electron chi connectivity index (χ1n) is 9.75. The van der Waals surface area contributed by atoms with Crippen molar-refractivity contribution in [2.45, 2.75) is 6.42 Å². The third-order valence-corrected chi connectivity index (χ3v) is 6.27. The van der Waals surface area contributed by atoms with Gasteiger partial charge in [-0.25, -0.2) is 0 Å². The Morgan fingerprint density at radius 2 is 1.39 bits per heavy atom. The van der Waals surface area contributed by atoms with E-state index in [1.165, 1.54) is 54.6 Å². The lowest BCUT2D eigenvalue weighted by Crippen LogP contribution is -1.83. The Morgan fingerprint density at radius 3 is 2.29 bits per heavy atom. The second-order valence-corrected chi connectivity index (χ2v) is 7.76. The summed E-state index contributed by atoms with van der Waals surface area (Å²) in [4.78, 5) is 0. The number of hydrogen-bond acceptors (Lipinski definition) is 1. The van der Waals surface area contributed by atoms with Crippen LogP contribution in [0, 0.1) is 0 Å². The maximum atomic E-state index is 6.47. The first-order chi connectivity index (χ1) is 13.9. The Balaban J connectivity index is 1.61. The number of fused-ring (bicyclic) bond motifs is 10. The van der Waals surface area contributed by atoms with Crippen LogP contribution in [0.1, 0.15) is 11.1 Å². The van der Waals surface area contributed by atoms with Gasteiger partial charge in [-0.3, -0.25) is 0 Å². The minimum absolute atomic E-state index is 0.969. The smallest absolute Gasteiger partial charge is 0.143 e. The Bertz CT molecular complexity index is 1580. The van der Waals surface area contributed by atoms with Crippen LogP contribution in [0.4, 0.5) is 0 Å². The first-order valence-corrected chi connectivity index (χ1v) is 9.75. The second-order valence-electron chi connectivity index (χ2n) is 7.76. The van der Waals surface area contributed by atoms with Gasteiger partial charge in [-0.05, 0) is 56.8 Å². The van der Waals surface area contributed by atoms with Gasteiger partial charge in [0.05, 0.1) is 0 Å². The Kier molecular flexibility index (Phi) is 2.60. The summed E-state index contributed by atoms with van der Waals surface area (Å²) in [7, 11) is 0. The Labute approximate surface area is 161 Å². The molecule has 5 aromatic carbocycles. The summed E-state index contributed by atoms with van der Waals surface area (Å²) in [6.07, 6.45) is 0.973. The van der Waals surface area contributed by atoms with Crippen LogP contribution in [0.2, 0.25) is 0 Å². The lowest BCUT2D eigenvalue weighted by molar-refractivity contribution is 0.670. The molecule has 1 heterocycles. The van der Waals surface area contributed by atoms with Crippen molar-refractivity contribution in [3.63, 3.8) is 0 Å². The average molecular weight is 356 g/mol. The van der Waals surface area contributed by atoms with E-state index in [1.54, 1.807) is 0 Å². The van der Waals surface area contributed by atoms with Gasteiger partial charge in [0.25, 0.3) is 0 Å². The highest BCUT2D eigenvalue weighted by atomic mass is 16.3. The molecule has 1 aliphatic carbocycles. The number of rotatable bonds is 0. The molecule has 1 nitrogen and oxygen atoms in total. The fourth-order valence-corrected chi connectivity index (χ4v) is 4.96. The quantitative estimate of drug-likeness (QED) is 0.275. The molecule has 0 radical (unpaired) electrons. The Hall–Kier alpha value is -3.58. The topological polar surface area (TPSA) is 13.1 Å². The van der Waals surface area contributed by atoms with Gasteiger partial charge in [0.1, 0.15) is 11.2 Å². The van der Waals surface area contributed by atoms with E-state index in [0.717, 1.165) is 17.6 Å². The highest BCUT2D eigenvalue weighted by molar-refractivity contribution is 6.15. The fraction of sp³-hybridized carbons (Fsp3) is 0.0370. The molecule has 1 aromatic heterocycles. The molecule has 28 heavy (non-hydrogen) atoms. The fourth-order valence-electron chi connectivity index (χ4n) is 4.96. The van der Waals surface area contributed by atoms with E-state index in [4.69, 9.17) is 4.42 Å². The summed E-state index contributed by atoms with van der Waals surface area (Å²) >= 11 is 0. The molecule has 0 bridgehead atoms. The number of furan rings is 1. The predicted molar refractivity (Wildman–Crippen MR) is 117 cm³/mol. The monoisotopic (exact) mass is 356 g/mol. The number of benzene rings is 5. The molecule has 0 N–H and O–H groups in total. The van der Waals surface area contributed by atoms with E-state index >= 15 is 0 Å². The van der Waals surface area contributed by atoms with Crippen molar-refractivity contribution in [2.24, 2.45) is 0 Å².